The highest BCUT2D eigenvalue weighted by atomic mass is 35.5. The predicted octanol–water partition coefficient (Wildman–Crippen LogP) is 2.72. The summed E-state index contributed by atoms with van der Waals surface area (Å²) in [7, 11) is 1.30. The third kappa shape index (κ3) is 2.85. The second kappa shape index (κ2) is 5.80. The molecule has 1 fully saturated rings. The van der Waals surface area contributed by atoms with Crippen molar-refractivity contribution < 1.29 is 14.3 Å². The first kappa shape index (κ1) is 14.2. The summed E-state index contributed by atoms with van der Waals surface area (Å²) in [6, 6.07) is 4.75. The average Bonchev–Trinajstić information content (AvgIpc) is 2.79. The van der Waals surface area contributed by atoms with Crippen molar-refractivity contribution in [2.24, 2.45) is 5.92 Å². The summed E-state index contributed by atoms with van der Waals surface area (Å²) in [5.41, 5.74) is 0.962. The number of hydrogen-bond acceptors (Lipinski definition) is 3. The number of carbonyl (C=O) groups excluding carboxylic acids is 2. The van der Waals surface area contributed by atoms with Crippen LogP contribution in [-0.4, -0.2) is 31.4 Å². The summed E-state index contributed by atoms with van der Waals surface area (Å²) in [5.74, 6) is 0.129. The van der Waals surface area contributed by atoms with Crippen LogP contribution in [0.4, 0.5) is 5.69 Å². The second-order valence-electron chi connectivity index (χ2n) is 4.39. The first-order valence-electron chi connectivity index (χ1n) is 5.81. The van der Waals surface area contributed by atoms with E-state index in [-0.39, 0.29) is 11.8 Å². The molecule has 6 heteroatoms. The van der Waals surface area contributed by atoms with E-state index in [9.17, 15) is 9.59 Å². The van der Waals surface area contributed by atoms with Crippen LogP contribution in [0.25, 0.3) is 0 Å². The van der Waals surface area contributed by atoms with Crippen LogP contribution >= 0.6 is 23.2 Å². The van der Waals surface area contributed by atoms with Gasteiger partial charge in [0, 0.05) is 18.8 Å². The van der Waals surface area contributed by atoms with Gasteiger partial charge in [0.15, 0.2) is 0 Å². The molecule has 102 valence electrons. The minimum absolute atomic E-state index is 0.00151. The Morgan fingerprint density at radius 1 is 1.53 bits per heavy atom. The molecule has 0 saturated carbocycles. The Labute approximate surface area is 121 Å². The number of benzene rings is 1. The summed E-state index contributed by atoms with van der Waals surface area (Å²) < 4.78 is 4.62. The largest absolute Gasteiger partial charge is 0.465 e. The number of carbonyl (C=O) groups is 2. The van der Waals surface area contributed by atoms with E-state index < -0.39 is 5.97 Å². The summed E-state index contributed by atoms with van der Waals surface area (Å²) in [6.07, 6.45) is 0.429. The van der Waals surface area contributed by atoms with Crippen LogP contribution < -0.4 is 4.90 Å². The molecule has 2 rings (SSSR count). The molecule has 1 heterocycles. The van der Waals surface area contributed by atoms with Crippen LogP contribution in [0.2, 0.25) is 5.02 Å². The van der Waals surface area contributed by atoms with Gasteiger partial charge in [-0.1, -0.05) is 11.6 Å². The minimum atomic E-state index is -0.458. The molecule has 1 aromatic carbocycles. The second-order valence-corrected chi connectivity index (χ2v) is 5.10. The quantitative estimate of drug-likeness (QED) is 0.637. The molecule has 19 heavy (non-hydrogen) atoms. The van der Waals surface area contributed by atoms with Gasteiger partial charge in [0.2, 0.25) is 5.91 Å². The average molecular weight is 302 g/mol. The highest BCUT2D eigenvalue weighted by Crippen LogP contribution is 2.32. The van der Waals surface area contributed by atoms with E-state index in [0.29, 0.717) is 35.1 Å². The third-order valence-electron chi connectivity index (χ3n) is 3.08. The lowest BCUT2D eigenvalue weighted by molar-refractivity contribution is -0.117. The third-order valence-corrected chi connectivity index (χ3v) is 3.82. The standard InChI is InChI=1S/C13H13Cl2NO3/c1-19-13(18)9-2-3-11(10(15)5-9)16-7-8(6-14)4-12(16)17/h2-3,5,8H,4,6-7H2,1H3. The van der Waals surface area contributed by atoms with Gasteiger partial charge in [-0.3, -0.25) is 4.79 Å². The Morgan fingerprint density at radius 3 is 2.79 bits per heavy atom. The molecular formula is C13H13Cl2NO3. The zero-order valence-electron chi connectivity index (χ0n) is 10.4. The van der Waals surface area contributed by atoms with Crippen LogP contribution in [0, 0.1) is 5.92 Å². The Bertz CT molecular complexity index is 519. The van der Waals surface area contributed by atoms with Gasteiger partial charge in [-0.25, -0.2) is 4.79 Å². The van der Waals surface area contributed by atoms with E-state index >= 15 is 0 Å². The minimum Gasteiger partial charge on any atom is -0.465 e. The fourth-order valence-corrected chi connectivity index (χ4v) is 2.58. The number of amides is 1. The molecule has 0 aromatic heterocycles. The zero-order valence-corrected chi connectivity index (χ0v) is 11.9. The van der Waals surface area contributed by atoms with E-state index in [2.05, 4.69) is 4.74 Å². The highest BCUT2D eigenvalue weighted by molar-refractivity contribution is 6.34. The van der Waals surface area contributed by atoms with Gasteiger partial charge < -0.3 is 9.64 Å². The number of hydrogen-bond donors (Lipinski definition) is 0. The number of ether oxygens (including phenoxy) is 1. The van der Waals surface area contributed by atoms with Crippen molar-refractivity contribution in [2.75, 3.05) is 24.4 Å². The maximum Gasteiger partial charge on any atom is 0.337 e. The Morgan fingerprint density at radius 2 is 2.26 bits per heavy atom. The van der Waals surface area contributed by atoms with Crippen LogP contribution in [0.3, 0.4) is 0 Å². The maximum atomic E-state index is 11.9. The fraction of sp³-hybridized carbons (Fsp3) is 0.385. The van der Waals surface area contributed by atoms with Crippen LogP contribution in [0.5, 0.6) is 0 Å². The Hall–Kier alpha value is -1.26. The molecule has 0 N–H and O–H groups in total. The topological polar surface area (TPSA) is 46.6 Å². The lowest BCUT2D eigenvalue weighted by Crippen LogP contribution is -2.25. The van der Waals surface area contributed by atoms with Crippen LogP contribution in [0.1, 0.15) is 16.8 Å². The molecule has 1 amide bonds. The van der Waals surface area contributed by atoms with Gasteiger partial charge in [0.05, 0.1) is 23.4 Å². The molecule has 1 saturated heterocycles. The van der Waals surface area contributed by atoms with Gasteiger partial charge >= 0.3 is 5.97 Å². The van der Waals surface area contributed by atoms with Gasteiger partial charge in [-0.2, -0.15) is 0 Å². The summed E-state index contributed by atoms with van der Waals surface area (Å²) in [5, 5.41) is 0.353. The number of anilines is 1. The lowest BCUT2D eigenvalue weighted by Gasteiger charge is -2.18. The van der Waals surface area contributed by atoms with Gasteiger partial charge in [-0.05, 0) is 24.1 Å². The summed E-state index contributed by atoms with van der Waals surface area (Å²) >= 11 is 11.9. The van der Waals surface area contributed by atoms with Crippen molar-refractivity contribution in [3.63, 3.8) is 0 Å². The summed E-state index contributed by atoms with van der Waals surface area (Å²) in [4.78, 5) is 24.9. The smallest absolute Gasteiger partial charge is 0.337 e. The molecule has 0 aliphatic carbocycles. The van der Waals surface area contributed by atoms with Crippen molar-refractivity contribution in [3.05, 3.63) is 28.8 Å². The van der Waals surface area contributed by atoms with E-state index in [0.717, 1.165) is 0 Å². The number of nitrogens with zero attached hydrogens (tertiary/aromatic N) is 1. The normalized spacial score (nSPS) is 18.8. The van der Waals surface area contributed by atoms with Crippen molar-refractivity contribution in [2.45, 2.75) is 6.42 Å². The van der Waals surface area contributed by atoms with E-state index in [4.69, 9.17) is 23.2 Å². The molecular weight excluding hydrogens is 289 g/mol. The number of methoxy groups -OCH3 is 1. The molecule has 1 unspecified atom stereocenters. The van der Waals surface area contributed by atoms with E-state index in [1.807, 2.05) is 0 Å². The fourth-order valence-electron chi connectivity index (χ4n) is 2.09. The molecule has 0 radical (unpaired) electrons. The maximum absolute atomic E-state index is 11.9. The molecule has 1 aromatic rings. The first-order chi connectivity index (χ1) is 9.06. The molecule has 1 atom stereocenters. The van der Waals surface area contributed by atoms with Crippen molar-refractivity contribution >= 4 is 40.8 Å². The Kier molecular flexibility index (Phi) is 4.32. The van der Waals surface area contributed by atoms with Gasteiger partial charge in [-0.15, -0.1) is 11.6 Å². The molecule has 1 aliphatic heterocycles. The van der Waals surface area contributed by atoms with E-state index in [1.165, 1.54) is 13.2 Å². The molecule has 0 spiro atoms. The zero-order chi connectivity index (χ0) is 14.0. The first-order valence-corrected chi connectivity index (χ1v) is 6.72. The highest BCUT2D eigenvalue weighted by Gasteiger charge is 2.31. The predicted molar refractivity (Wildman–Crippen MR) is 74.0 cm³/mol. The van der Waals surface area contributed by atoms with Crippen LogP contribution in [0.15, 0.2) is 18.2 Å². The molecule has 0 bridgehead atoms. The van der Waals surface area contributed by atoms with Gasteiger partial charge in [0.25, 0.3) is 0 Å². The van der Waals surface area contributed by atoms with Crippen molar-refractivity contribution in [1.82, 2.24) is 0 Å². The number of esters is 1. The Balaban J connectivity index is 2.27. The lowest BCUT2D eigenvalue weighted by atomic mass is 10.1. The van der Waals surface area contributed by atoms with Crippen molar-refractivity contribution in [3.8, 4) is 0 Å². The number of rotatable bonds is 3. The van der Waals surface area contributed by atoms with Gasteiger partial charge in [0.1, 0.15) is 0 Å². The molecule has 1 aliphatic rings. The van der Waals surface area contributed by atoms with Crippen molar-refractivity contribution in [1.29, 1.82) is 0 Å². The molecule has 4 nitrogen and oxygen atoms in total. The SMILES string of the molecule is COC(=O)c1ccc(N2CC(CCl)CC2=O)c(Cl)c1. The van der Waals surface area contributed by atoms with Crippen LogP contribution in [-0.2, 0) is 9.53 Å². The monoisotopic (exact) mass is 301 g/mol. The van der Waals surface area contributed by atoms with E-state index in [1.54, 1.807) is 17.0 Å². The number of alkyl halides is 1. The summed E-state index contributed by atoms with van der Waals surface area (Å²) in [6.45, 7) is 0.555. The number of halogens is 2.